The van der Waals surface area contributed by atoms with Crippen LogP contribution in [0, 0.1) is 5.92 Å². The van der Waals surface area contributed by atoms with Crippen molar-refractivity contribution in [3.05, 3.63) is 0 Å². The second kappa shape index (κ2) is 5.28. The van der Waals surface area contributed by atoms with E-state index in [-0.39, 0.29) is 0 Å². The van der Waals surface area contributed by atoms with E-state index in [0.29, 0.717) is 6.04 Å². The Bertz CT molecular complexity index is 192. The highest BCUT2D eigenvalue weighted by Gasteiger charge is 2.26. The van der Waals surface area contributed by atoms with Gasteiger partial charge in [0.15, 0.2) is 0 Å². The lowest BCUT2D eigenvalue weighted by molar-refractivity contribution is 0.0396. The third-order valence-electron chi connectivity index (χ3n) is 3.99. The first kappa shape index (κ1) is 11.4. The first-order chi connectivity index (χ1) is 7.27. The molecule has 15 heavy (non-hydrogen) atoms. The lowest BCUT2D eigenvalue weighted by Gasteiger charge is -2.33. The van der Waals surface area contributed by atoms with Gasteiger partial charge in [-0.15, -0.1) is 0 Å². The number of hydrogen-bond donors (Lipinski definition) is 1. The first-order valence-corrected chi connectivity index (χ1v) is 6.28. The Hall–Kier alpha value is -0.120. The van der Waals surface area contributed by atoms with Crippen LogP contribution < -0.4 is 5.32 Å². The summed E-state index contributed by atoms with van der Waals surface area (Å²) in [5.41, 5.74) is 0. The predicted molar refractivity (Wildman–Crippen MR) is 62.0 cm³/mol. The van der Waals surface area contributed by atoms with Crippen molar-refractivity contribution in [2.24, 2.45) is 5.92 Å². The molecule has 2 rings (SSSR count). The van der Waals surface area contributed by atoms with E-state index in [9.17, 15) is 0 Å². The van der Waals surface area contributed by atoms with Gasteiger partial charge in [-0.05, 0) is 38.8 Å². The van der Waals surface area contributed by atoms with Crippen LogP contribution in [0.1, 0.15) is 26.2 Å². The Morgan fingerprint density at radius 3 is 2.60 bits per heavy atom. The van der Waals surface area contributed by atoms with E-state index in [0.717, 1.165) is 25.2 Å². The van der Waals surface area contributed by atoms with Crippen molar-refractivity contribution in [1.29, 1.82) is 0 Å². The van der Waals surface area contributed by atoms with Crippen LogP contribution in [0.25, 0.3) is 0 Å². The van der Waals surface area contributed by atoms with E-state index in [1.165, 1.54) is 32.4 Å². The molecule has 0 aliphatic carbocycles. The molecule has 2 atom stereocenters. The second-order valence-corrected chi connectivity index (χ2v) is 5.11. The molecule has 2 unspecified atom stereocenters. The number of nitrogens with zero attached hydrogens (tertiary/aromatic N) is 1. The third kappa shape index (κ3) is 2.92. The zero-order valence-corrected chi connectivity index (χ0v) is 10.0. The third-order valence-corrected chi connectivity index (χ3v) is 3.99. The molecule has 0 aromatic carbocycles. The minimum Gasteiger partial charge on any atom is -0.381 e. The molecular formula is C12H24N2O. The molecule has 0 saturated carbocycles. The summed E-state index contributed by atoms with van der Waals surface area (Å²) in [6, 6.07) is 1.45. The van der Waals surface area contributed by atoms with Crippen LogP contribution in [0.5, 0.6) is 0 Å². The maximum Gasteiger partial charge on any atom is 0.0480 e. The van der Waals surface area contributed by atoms with Gasteiger partial charge >= 0.3 is 0 Å². The second-order valence-electron chi connectivity index (χ2n) is 5.11. The van der Waals surface area contributed by atoms with Crippen LogP contribution in [0.15, 0.2) is 0 Å². The molecule has 0 aromatic rings. The lowest BCUT2D eigenvalue weighted by atomic mass is 10.0. The highest BCUT2D eigenvalue weighted by molar-refractivity contribution is 4.85. The van der Waals surface area contributed by atoms with E-state index >= 15 is 0 Å². The van der Waals surface area contributed by atoms with Crippen molar-refractivity contribution in [3.8, 4) is 0 Å². The summed E-state index contributed by atoms with van der Waals surface area (Å²) in [4.78, 5) is 2.53. The molecule has 88 valence electrons. The van der Waals surface area contributed by atoms with Gasteiger partial charge in [0.25, 0.3) is 0 Å². The van der Waals surface area contributed by atoms with Gasteiger partial charge in [-0.3, -0.25) is 0 Å². The van der Waals surface area contributed by atoms with Crippen LogP contribution in [-0.4, -0.2) is 50.3 Å². The molecular weight excluding hydrogens is 188 g/mol. The van der Waals surface area contributed by atoms with E-state index in [2.05, 4.69) is 24.2 Å². The molecule has 0 radical (unpaired) electrons. The predicted octanol–water partition coefficient (Wildman–Crippen LogP) is 1.10. The summed E-state index contributed by atoms with van der Waals surface area (Å²) < 4.78 is 5.40. The lowest BCUT2D eigenvalue weighted by Crippen LogP contribution is -2.44. The molecule has 0 bridgehead atoms. The molecule has 2 aliphatic heterocycles. The fourth-order valence-corrected chi connectivity index (χ4v) is 2.73. The summed E-state index contributed by atoms with van der Waals surface area (Å²) in [5, 5.41) is 3.60. The molecule has 1 N–H and O–H groups in total. The van der Waals surface area contributed by atoms with Crippen LogP contribution in [0.4, 0.5) is 0 Å². The van der Waals surface area contributed by atoms with Crippen molar-refractivity contribution >= 4 is 0 Å². The van der Waals surface area contributed by atoms with Crippen molar-refractivity contribution in [1.82, 2.24) is 10.2 Å². The Morgan fingerprint density at radius 1 is 1.27 bits per heavy atom. The van der Waals surface area contributed by atoms with Crippen molar-refractivity contribution in [3.63, 3.8) is 0 Å². The van der Waals surface area contributed by atoms with Gasteiger partial charge in [0.05, 0.1) is 0 Å². The number of nitrogens with one attached hydrogen (secondary N) is 1. The fourth-order valence-electron chi connectivity index (χ4n) is 2.73. The first-order valence-electron chi connectivity index (χ1n) is 6.28. The maximum atomic E-state index is 5.40. The van der Waals surface area contributed by atoms with Gasteiger partial charge in [0, 0.05) is 31.8 Å². The Kier molecular flexibility index (Phi) is 4.00. The Morgan fingerprint density at radius 2 is 2.00 bits per heavy atom. The maximum absolute atomic E-state index is 5.40. The molecule has 0 aromatic heterocycles. The van der Waals surface area contributed by atoms with E-state index < -0.39 is 0 Å². The SMILES string of the molecule is CC1CCNC1CN(C)C1CCOCC1. The normalized spacial score (nSPS) is 33.8. The molecule has 2 heterocycles. The molecule has 3 heteroatoms. The largest absolute Gasteiger partial charge is 0.381 e. The minimum atomic E-state index is 0.706. The van der Waals surface area contributed by atoms with Crippen LogP contribution in [0.2, 0.25) is 0 Å². The van der Waals surface area contributed by atoms with E-state index in [1.54, 1.807) is 0 Å². The molecule has 2 aliphatic rings. The van der Waals surface area contributed by atoms with Gasteiger partial charge < -0.3 is 15.0 Å². The Labute approximate surface area is 93.2 Å². The van der Waals surface area contributed by atoms with Gasteiger partial charge in [-0.25, -0.2) is 0 Å². The summed E-state index contributed by atoms with van der Waals surface area (Å²) >= 11 is 0. The summed E-state index contributed by atoms with van der Waals surface area (Å²) in [6.07, 6.45) is 3.75. The highest BCUT2D eigenvalue weighted by Crippen LogP contribution is 2.18. The monoisotopic (exact) mass is 212 g/mol. The van der Waals surface area contributed by atoms with Crippen LogP contribution in [-0.2, 0) is 4.74 Å². The average Bonchev–Trinajstić information content (AvgIpc) is 2.66. The van der Waals surface area contributed by atoms with Crippen molar-refractivity contribution in [2.45, 2.75) is 38.3 Å². The number of hydrogen-bond acceptors (Lipinski definition) is 3. The summed E-state index contributed by atoms with van der Waals surface area (Å²) in [7, 11) is 2.27. The molecule has 0 amide bonds. The van der Waals surface area contributed by atoms with E-state index in [4.69, 9.17) is 4.74 Å². The topological polar surface area (TPSA) is 24.5 Å². The van der Waals surface area contributed by atoms with Gasteiger partial charge in [0.2, 0.25) is 0 Å². The standard InChI is InChI=1S/C12H24N2O/c1-10-3-6-13-12(10)9-14(2)11-4-7-15-8-5-11/h10-13H,3-9H2,1-2H3. The molecule has 2 saturated heterocycles. The zero-order chi connectivity index (χ0) is 10.7. The van der Waals surface area contributed by atoms with Gasteiger partial charge in [0.1, 0.15) is 0 Å². The molecule has 2 fully saturated rings. The van der Waals surface area contributed by atoms with Crippen molar-refractivity contribution < 1.29 is 4.74 Å². The van der Waals surface area contributed by atoms with Crippen molar-refractivity contribution in [2.75, 3.05) is 33.4 Å². The van der Waals surface area contributed by atoms with Crippen LogP contribution >= 0.6 is 0 Å². The van der Waals surface area contributed by atoms with Gasteiger partial charge in [-0.1, -0.05) is 6.92 Å². The summed E-state index contributed by atoms with van der Waals surface area (Å²) in [5.74, 6) is 0.840. The fraction of sp³-hybridized carbons (Fsp3) is 1.00. The van der Waals surface area contributed by atoms with E-state index in [1.807, 2.05) is 0 Å². The smallest absolute Gasteiger partial charge is 0.0480 e. The minimum absolute atomic E-state index is 0.706. The molecule has 0 spiro atoms. The zero-order valence-electron chi connectivity index (χ0n) is 10.0. The Balaban J connectivity index is 1.77. The average molecular weight is 212 g/mol. The number of rotatable bonds is 3. The number of likely N-dealkylation sites (N-methyl/N-ethyl adjacent to an activating group) is 1. The molecule has 3 nitrogen and oxygen atoms in total. The van der Waals surface area contributed by atoms with Crippen LogP contribution in [0.3, 0.4) is 0 Å². The summed E-state index contributed by atoms with van der Waals surface area (Å²) in [6.45, 7) is 6.66. The quantitative estimate of drug-likeness (QED) is 0.758. The number of ether oxygens (including phenoxy) is 1. The highest BCUT2D eigenvalue weighted by atomic mass is 16.5. The van der Waals surface area contributed by atoms with Gasteiger partial charge in [-0.2, -0.15) is 0 Å².